The standard InChI is InChI=1S/C14H25N3O.ClH/c1-16-11-5-6-12(16)10-17(9-7-11)14(18)13-4-2-3-8-15-13;/h11-13,15H,2-10H2,1H3;1H. The normalized spacial score (nSPS) is 35.6. The molecule has 0 spiro atoms. The van der Waals surface area contributed by atoms with Gasteiger partial charge in [-0.2, -0.15) is 0 Å². The molecule has 0 saturated carbocycles. The first kappa shape index (κ1) is 15.1. The fourth-order valence-corrected chi connectivity index (χ4v) is 3.79. The molecule has 4 nitrogen and oxygen atoms in total. The van der Waals surface area contributed by atoms with Crippen LogP contribution in [0.3, 0.4) is 0 Å². The zero-order valence-corrected chi connectivity index (χ0v) is 12.6. The van der Waals surface area contributed by atoms with Crippen LogP contribution in [0.2, 0.25) is 0 Å². The number of likely N-dealkylation sites (tertiary alicyclic amines) is 1. The van der Waals surface area contributed by atoms with Gasteiger partial charge in [0.15, 0.2) is 0 Å². The van der Waals surface area contributed by atoms with Crippen LogP contribution in [0.1, 0.15) is 38.5 Å². The Morgan fingerprint density at radius 2 is 1.89 bits per heavy atom. The Bertz CT molecular complexity index is 320. The van der Waals surface area contributed by atoms with E-state index in [2.05, 4.69) is 22.2 Å². The molecule has 3 fully saturated rings. The molecular weight excluding hydrogens is 262 g/mol. The molecule has 3 rings (SSSR count). The van der Waals surface area contributed by atoms with Crippen LogP contribution >= 0.6 is 12.4 Å². The Hall–Kier alpha value is -0.320. The summed E-state index contributed by atoms with van der Waals surface area (Å²) in [5.74, 6) is 0.357. The fraction of sp³-hybridized carbons (Fsp3) is 0.929. The Balaban J connectivity index is 0.00000133. The topological polar surface area (TPSA) is 35.6 Å². The van der Waals surface area contributed by atoms with Crippen molar-refractivity contribution in [3.05, 3.63) is 0 Å². The molecule has 0 aromatic heterocycles. The van der Waals surface area contributed by atoms with Gasteiger partial charge in [0, 0.05) is 25.2 Å². The predicted molar refractivity (Wildman–Crippen MR) is 78.7 cm³/mol. The molecule has 2 bridgehead atoms. The summed E-state index contributed by atoms with van der Waals surface area (Å²) in [6.07, 6.45) is 7.19. The van der Waals surface area contributed by atoms with Gasteiger partial charge in [-0.1, -0.05) is 6.42 Å². The molecule has 3 heterocycles. The smallest absolute Gasteiger partial charge is 0.239 e. The van der Waals surface area contributed by atoms with Crippen molar-refractivity contribution < 1.29 is 4.79 Å². The van der Waals surface area contributed by atoms with Crippen LogP contribution in [-0.4, -0.2) is 60.5 Å². The molecule has 3 aliphatic rings. The number of hydrogen-bond acceptors (Lipinski definition) is 3. The third-order valence-electron chi connectivity index (χ3n) is 5.07. The third kappa shape index (κ3) is 3.06. The minimum atomic E-state index is 0. The molecule has 3 saturated heterocycles. The summed E-state index contributed by atoms with van der Waals surface area (Å²) >= 11 is 0. The number of likely N-dealkylation sites (N-methyl/N-ethyl adjacent to an activating group) is 1. The van der Waals surface area contributed by atoms with Gasteiger partial charge < -0.3 is 10.2 Å². The van der Waals surface area contributed by atoms with E-state index in [0.29, 0.717) is 18.0 Å². The number of amides is 1. The van der Waals surface area contributed by atoms with Crippen molar-refractivity contribution in [3.8, 4) is 0 Å². The predicted octanol–water partition coefficient (Wildman–Crippen LogP) is 1.25. The highest BCUT2D eigenvalue weighted by atomic mass is 35.5. The molecule has 1 N–H and O–H groups in total. The molecule has 3 atom stereocenters. The highest BCUT2D eigenvalue weighted by molar-refractivity contribution is 5.85. The lowest BCUT2D eigenvalue weighted by Crippen LogP contribution is -2.50. The number of carbonyl (C=O) groups is 1. The van der Waals surface area contributed by atoms with E-state index in [0.717, 1.165) is 32.5 Å². The number of nitrogens with zero attached hydrogens (tertiary/aromatic N) is 2. The van der Waals surface area contributed by atoms with Crippen molar-refractivity contribution in [1.82, 2.24) is 15.1 Å². The van der Waals surface area contributed by atoms with Crippen molar-refractivity contribution in [2.24, 2.45) is 0 Å². The summed E-state index contributed by atoms with van der Waals surface area (Å²) in [6, 6.07) is 1.41. The second-order valence-electron chi connectivity index (χ2n) is 6.13. The molecule has 5 heteroatoms. The Kier molecular flexibility index (Phi) is 5.09. The lowest BCUT2D eigenvalue weighted by Gasteiger charge is -2.31. The van der Waals surface area contributed by atoms with E-state index in [1.807, 2.05) is 0 Å². The van der Waals surface area contributed by atoms with Gasteiger partial charge >= 0.3 is 0 Å². The number of fused-ring (bicyclic) bond motifs is 2. The van der Waals surface area contributed by atoms with Gasteiger partial charge in [0.1, 0.15) is 0 Å². The third-order valence-corrected chi connectivity index (χ3v) is 5.07. The highest BCUT2D eigenvalue weighted by Gasteiger charge is 2.37. The molecular formula is C14H26ClN3O. The molecule has 110 valence electrons. The van der Waals surface area contributed by atoms with E-state index in [1.54, 1.807) is 0 Å². The number of rotatable bonds is 1. The lowest BCUT2D eigenvalue weighted by molar-refractivity contribution is -0.134. The van der Waals surface area contributed by atoms with E-state index in [9.17, 15) is 4.79 Å². The summed E-state index contributed by atoms with van der Waals surface area (Å²) < 4.78 is 0. The van der Waals surface area contributed by atoms with E-state index in [4.69, 9.17) is 0 Å². The number of hydrogen-bond donors (Lipinski definition) is 1. The Morgan fingerprint density at radius 3 is 2.63 bits per heavy atom. The summed E-state index contributed by atoms with van der Waals surface area (Å²) in [6.45, 7) is 2.92. The lowest BCUT2D eigenvalue weighted by atomic mass is 10.0. The van der Waals surface area contributed by atoms with Crippen molar-refractivity contribution in [3.63, 3.8) is 0 Å². The fourth-order valence-electron chi connectivity index (χ4n) is 3.79. The summed E-state index contributed by atoms with van der Waals surface area (Å²) in [5.41, 5.74) is 0. The van der Waals surface area contributed by atoms with Crippen molar-refractivity contribution in [2.45, 2.75) is 56.7 Å². The second-order valence-corrected chi connectivity index (χ2v) is 6.13. The zero-order valence-electron chi connectivity index (χ0n) is 11.8. The Labute approximate surface area is 122 Å². The van der Waals surface area contributed by atoms with Crippen LogP contribution in [-0.2, 0) is 4.79 Å². The van der Waals surface area contributed by atoms with Gasteiger partial charge in [-0.05, 0) is 45.7 Å². The molecule has 3 aliphatic heterocycles. The first-order valence-electron chi connectivity index (χ1n) is 7.50. The van der Waals surface area contributed by atoms with Gasteiger partial charge in [0.25, 0.3) is 0 Å². The Morgan fingerprint density at radius 1 is 1.11 bits per heavy atom. The molecule has 1 amide bonds. The van der Waals surface area contributed by atoms with Gasteiger partial charge in [-0.3, -0.25) is 9.69 Å². The van der Waals surface area contributed by atoms with E-state index >= 15 is 0 Å². The first-order chi connectivity index (χ1) is 8.75. The first-order valence-corrected chi connectivity index (χ1v) is 7.50. The summed E-state index contributed by atoms with van der Waals surface area (Å²) in [5, 5.41) is 3.39. The minimum Gasteiger partial charge on any atom is -0.340 e. The van der Waals surface area contributed by atoms with Crippen LogP contribution in [0.25, 0.3) is 0 Å². The van der Waals surface area contributed by atoms with Gasteiger partial charge in [-0.25, -0.2) is 0 Å². The van der Waals surface area contributed by atoms with Crippen molar-refractivity contribution in [1.29, 1.82) is 0 Å². The molecule has 0 aliphatic carbocycles. The monoisotopic (exact) mass is 287 g/mol. The SMILES string of the molecule is CN1C2CCC1CN(C(=O)C1CCCCN1)CC2.Cl. The van der Waals surface area contributed by atoms with E-state index < -0.39 is 0 Å². The van der Waals surface area contributed by atoms with Crippen LogP contribution in [0.4, 0.5) is 0 Å². The molecule has 0 aromatic carbocycles. The maximum absolute atomic E-state index is 12.5. The summed E-state index contributed by atoms with van der Waals surface area (Å²) in [7, 11) is 2.23. The van der Waals surface area contributed by atoms with Crippen LogP contribution in [0, 0.1) is 0 Å². The quantitative estimate of drug-likeness (QED) is 0.788. The molecule has 0 aromatic rings. The number of halogens is 1. The maximum atomic E-state index is 12.5. The van der Waals surface area contributed by atoms with Crippen molar-refractivity contribution in [2.75, 3.05) is 26.7 Å². The second kappa shape index (κ2) is 6.42. The van der Waals surface area contributed by atoms with Crippen LogP contribution in [0.15, 0.2) is 0 Å². The molecule has 3 unspecified atom stereocenters. The highest BCUT2D eigenvalue weighted by Crippen LogP contribution is 2.28. The number of nitrogens with one attached hydrogen (secondary N) is 1. The number of carbonyl (C=O) groups excluding carboxylic acids is 1. The van der Waals surface area contributed by atoms with Gasteiger partial charge in [-0.15, -0.1) is 12.4 Å². The largest absolute Gasteiger partial charge is 0.340 e. The molecule has 0 radical (unpaired) electrons. The van der Waals surface area contributed by atoms with E-state index in [-0.39, 0.29) is 18.4 Å². The van der Waals surface area contributed by atoms with Crippen LogP contribution in [0.5, 0.6) is 0 Å². The van der Waals surface area contributed by atoms with E-state index in [1.165, 1.54) is 25.7 Å². The number of piperidine rings is 1. The van der Waals surface area contributed by atoms with Crippen molar-refractivity contribution >= 4 is 18.3 Å². The summed E-state index contributed by atoms with van der Waals surface area (Å²) in [4.78, 5) is 17.2. The minimum absolute atomic E-state index is 0. The molecule has 19 heavy (non-hydrogen) atoms. The zero-order chi connectivity index (χ0) is 12.5. The van der Waals surface area contributed by atoms with Gasteiger partial charge in [0.05, 0.1) is 6.04 Å². The average Bonchev–Trinajstić information content (AvgIpc) is 2.64. The average molecular weight is 288 g/mol. The van der Waals surface area contributed by atoms with Crippen LogP contribution < -0.4 is 5.32 Å². The van der Waals surface area contributed by atoms with Gasteiger partial charge in [0.2, 0.25) is 5.91 Å². The maximum Gasteiger partial charge on any atom is 0.239 e.